The largest absolute Gasteiger partial charge is 0.389 e. The van der Waals surface area contributed by atoms with Gasteiger partial charge >= 0.3 is 0 Å². The van der Waals surface area contributed by atoms with Crippen LogP contribution < -0.4 is 10.6 Å². The van der Waals surface area contributed by atoms with Gasteiger partial charge in [0.05, 0.1) is 24.0 Å². The number of rotatable bonds is 2. The summed E-state index contributed by atoms with van der Waals surface area (Å²) in [6.45, 7) is 0.528. The first-order valence-corrected chi connectivity index (χ1v) is 4.86. The minimum atomic E-state index is -0.804. The average Bonchev–Trinajstić information content (AvgIpc) is 2.59. The Morgan fingerprint density at radius 3 is 2.62 bits per heavy atom. The molecule has 2 atom stereocenters. The maximum Gasteiger partial charge on any atom is 0.162 e. The van der Waals surface area contributed by atoms with E-state index in [0.29, 0.717) is 11.4 Å². The van der Waals surface area contributed by atoms with Crippen molar-refractivity contribution in [3.05, 3.63) is 17.8 Å². The molecule has 2 rings (SSSR count). The summed E-state index contributed by atoms with van der Waals surface area (Å²) < 4.78 is 0. The van der Waals surface area contributed by atoms with Gasteiger partial charge in [-0.25, -0.2) is 0 Å². The molecule has 1 aliphatic rings. The van der Waals surface area contributed by atoms with Crippen LogP contribution in [0.25, 0.3) is 0 Å². The SMILES string of the molecule is N=C(N)c1ccnnc1N1CC(O)C(O)C1. The van der Waals surface area contributed by atoms with Crippen molar-refractivity contribution in [3.8, 4) is 0 Å². The third-order valence-electron chi connectivity index (χ3n) is 2.55. The standard InChI is InChI=1S/C9H13N5O2/c10-8(11)5-1-2-12-13-9(5)14-3-6(15)7(16)4-14/h1-2,6-7,15-16H,3-4H2,(H3,10,11). The molecule has 0 aromatic carbocycles. The number of aliphatic hydroxyl groups is 2. The predicted molar refractivity (Wildman–Crippen MR) is 57.3 cm³/mol. The van der Waals surface area contributed by atoms with Crippen molar-refractivity contribution < 1.29 is 10.2 Å². The summed E-state index contributed by atoms with van der Waals surface area (Å²) >= 11 is 0. The summed E-state index contributed by atoms with van der Waals surface area (Å²) in [6.07, 6.45) is -0.160. The van der Waals surface area contributed by atoms with Crippen LogP contribution in [0.15, 0.2) is 12.3 Å². The number of nitrogens with two attached hydrogens (primary N) is 1. The smallest absolute Gasteiger partial charge is 0.162 e. The van der Waals surface area contributed by atoms with Crippen molar-refractivity contribution in [2.75, 3.05) is 18.0 Å². The van der Waals surface area contributed by atoms with E-state index in [4.69, 9.17) is 11.1 Å². The molecule has 1 aliphatic heterocycles. The molecular weight excluding hydrogens is 210 g/mol. The number of nitrogens with one attached hydrogen (secondary N) is 1. The molecule has 2 unspecified atom stereocenters. The molecule has 0 bridgehead atoms. The van der Waals surface area contributed by atoms with E-state index in [-0.39, 0.29) is 18.9 Å². The molecule has 16 heavy (non-hydrogen) atoms. The monoisotopic (exact) mass is 223 g/mol. The van der Waals surface area contributed by atoms with Crippen LogP contribution in [0.5, 0.6) is 0 Å². The fourth-order valence-corrected chi connectivity index (χ4v) is 1.71. The minimum absolute atomic E-state index is 0.110. The molecule has 0 spiro atoms. The predicted octanol–water partition coefficient (Wildman–Crippen LogP) is -1.70. The number of β-amino-alcohol motifs (C(OH)–C–C–N with tert-alkyl or cyclic N) is 2. The summed E-state index contributed by atoms with van der Waals surface area (Å²) in [7, 11) is 0. The van der Waals surface area contributed by atoms with Gasteiger partial charge < -0.3 is 20.8 Å². The van der Waals surface area contributed by atoms with E-state index < -0.39 is 12.2 Å². The van der Waals surface area contributed by atoms with Gasteiger partial charge in [0.25, 0.3) is 0 Å². The second-order valence-corrected chi connectivity index (χ2v) is 3.72. The molecule has 5 N–H and O–H groups in total. The van der Waals surface area contributed by atoms with Crippen LogP contribution in [0.2, 0.25) is 0 Å². The molecule has 7 nitrogen and oxygen atoms in total. The lowest BCUT2D eigenvalue weighted by molar-refractivity contribution is 0.0572. The topological polar surface area (TPSA) is 119 Å². The van der Waals surface area contributed by atoms with Crippen molar-refractivity contribution in [1.82, 2.24) is 10.2 Å². The molecule has 0 saturated carbocycles. The van der Waals surface area contributed by atoms with E-state index in [9.17, 15) is 10.2 Å². The van der Waals surface area contributed by atoms with Gasteiger partial charge in [-0.1, -0.05) is 0 Å². The lowest BCUT2D eigenvalue weighted by Crippen LogP contribution is -2.26. The van der Waals surface area contributed by atoms with Crippen molar-refractivity contribution in [2.45, 2.75) is 12.2 Å². The summed E-state index contributed by atoms with van der Waals surface area (Å²) in [6, 6.07) is 1.59. The molecule has 1 saturated heterocycles. The zero-order chi connectivity index (χ0) is 11.7. The van der Waals surface area contributed by atoms with E-state index in [1.807, 2.05) is 0 Å². The van der Waals surface area contributed by atoms with E-state index in [1.165, 1.54) is 6.20 Å². The molecule has 0 aliphatic carbocycles. The highest BCUT2D eigenvalue weighted by Crippen LogP contribution is 2.21. The van der Waals surface area contributed by atoms with Gasteiger partial charge in [0.2, 0.25) is 0 Å². The van der Waals surface area contributed by atoms with Crippen LogP contribution >= 0.6 is 0 Å². The molecule has 0 radical (unpaired) electrons. The quantitative estimate of drug-likeness (QED) is 0.350. The number of aromatic nitrogens is 2. The number of hydrogen-bond donors (Lipinski definition) is 4. The van der Waals surface area contributed by atoms with Crippen molar-refractivity contribution in [2.24, 2.45) is 5.73 Å². The van der Waals surface area contributed by atoms with E-state index in [1.54, 1.807) is 11.0 Å². The Balaban J connectivity index is 2.31. The van der Waals surface area contributed by atoms with Gasteiger partial charge in [0.15, 0.2) is 5.82 Å². The van der Waals surface area contributed by atoms with Gasteiger partial charge in [-0.05, 0) is 6.07 Å². The van der Waals surface area contributed by atoms with E-state index in [0.717, 1.165) is 0 Å². The molecule has 1 aromatic rings. The van der Waals surface area contributed by atoms with Crippen LogP contribution in [0.3, 0.4) is 0 Å². The number of aliphatic hydroxyl groups excluding tert-OH is 2. The minimum Gasteiger partial charge on any atom is -0.389 e. The van der Waals surface area contributed by atoms with Gasteiger partial charge in [0, 0.05) is 13.1 Å². The van der Waals surface area contributed by atoms with Gasteiger partial charge in [-0.2, -0.15) is 5.10 Å². The zero-order valence-corrected chi connectivity index (χ0v) is 8.54. The Labute approximate surface area is 92.0 Å². The highest BCUT2D eigenvalue weighted by molar-refractivity contribution is 5.99. The van der Waals surface area contributed by atoms with Crippen molar-refractivity contribution in [3.63, 3.8) is 0 Å². The lowest BCUT2D eigenvalue weighted by atomic mass is 10.2. The van der Waals surface area contributed by atoms with Crippen LogP contribution in [-0.2, 0) is 0 Å². The molecule has 7 heteroatoms. The molecular formula is C9H13N5O2. The van der Waals surface area contributed by atoms with Crippen LogP contribution in [0.1, 0.15) is 5.56 Å². The maximum atomic E-state index is 9.43. The average molecular weight is 223 g/mol. The summed E-state index contributed by atoms with van der Waals surface area (Å²) in [5, 5.41) is 33.9. The number of hydrogen-bond acceptors (Lipinski definition) is 6. The number of nitrogens with zero attached hydrogens (tertiary/aromatic N) is 3. The highest BCUT2D eigenvalue weighted by atomic mass is 16.3. The molecule has 0 amide bonds. The number of amidine groups is 1. The highest BCUT2D eigenvalue weighted by Gasteiger charge is 2.31. The maximum absolute atomic E-state index is 9.43. The van der Waals surface area contributed by atoms with Gasteiger partial charge in [0.1, 0.15) is 5.84 Å². The zero-order valence-electron chi connectivity index (χ0n) is 8.54. The second-order valence-electron chi connectivity index (χ2n) is 3.72. The van der Waals surface area contributed by atoms with Crippen LogP contribution in [0.4, 0.5) is 5.82 Å². The summed E-state index contributed by atoms with van der Waals surface area (Å²) in [5.74, 6) is 0.311. The second kappa shape index (κ2) is 4.03. The van der Waals surface area contributed by atoms with E-state index in [2.05, 4.69) is 10.2 Å². The molecule has 86 valence electrons. The van der Waals surface area contributed by atoms with E-state index >= 15 is 0 Å². The molecule has 2 heterocycles. The Hall–Kier alpha value is -1.73. The Bertz CT molecular complexity index is 401. The summed E-state index contributed by atoms with van der Waals surface area (Å²) in [4.78, 5) is 1.67. The number of anilines is 1. The van der Waals surface area contributed by atoms with Crippen molar-refractivity contribution in [1.29, 1.82) is 5.41 Å². The Morgan fingerprint density at radius 1 is 1.44 bits per heavy atom. The lowest BCUT2D eigenvalue weighted by Gasteiger charge is -2.18. The summed E-state index contributed by atoms with van der Waals surface area (Å²) in [5.41, 5.74) is 5.87. The number of nitrogen functional groups attached to an aromatic ring is 1. The van der Waals surface area contributed by atoms with Crippen molar-refractivity contribution >= 4 is 11.7 Å². The van der Waals surface area contributed by atoms with Gasteiger partial charge in [-0.3, -0.25) is 5.41 Å². The fraction of sp³-hybridized carbons (Fsp3) is 0.444. The fourth-order valence-electron chi connectivity index (χ4n) is 1.71. The first kappa shape index (κ1) is 10.8. The Kier molecular flexibility index (Phi) is 2.71. The van der Waals surface area contributed by atoms with Crippen LogP contribution in [0, 0.1) is 5.41 Å². The third-order valence-corrected chi connectivity index (χ3v) is 2.55. The first-order valence-electron chi connectivity index (χ1n) is 4.86. The Morgan fingerprint density at radius 2 is 2.06 bits per heavy atom. The molecule has 1 fully saturated rings. The normalized spacial score (nSPS) is 24.8. The van der Waals surface area contributed by atoms with Crippen LogP contribution in [-0.4, -0.2) is 51.5 Å². The molecule has 1 aromatic heterocycles. The first-order chi connectivity index (χ1) is 7.59. The third kappa shape index (κ3) is 1.82. The van der Waals surface area contributed by atoms with Gasteiger partial charge in [-0.15, -0.1) is 5.10 Å².